The van der Waals surface area contributed by atoms with Gasteiger partial charge in [-0.15, -0.1) is 0 Å². The molecule has 0 aliphatic heterocycles. The molecule has 0 radical (unpaired) electrons. The maximum atomic E-state index is 13.5. The van der Waals surface area contributed by atoms with Gasteiger partial charge in [0.15, 0.2) is 0 Å². The highest BCUT2D eigenvalue weighted by atomic mass is 32.2. The number of benzene rings is 1. The number of hydrogen-bond acceptors (Lipinski definition) is 6. The van der Waals surface area contributed by atoms with Crippen LogP contribution in [0.4, 0.5) is 10.1 Å². The molecule has 8 nitrogen and oxygen atoms in total. The van der Waals surface area contributed by atoms with E-state index in [0.29, 0.717) is 6.07 Å². The monoisotopic (exact) mass is 321 g/mol. The van der Waals surface area contributed by atoms with E-state index in [1.54, 1.807) is 6.92 Å². The first kappa shape index (κ1) is 17.4. The maximum Gasteiger partial charge on any atom is 0.270 e. The SMILES string of the molecule is CC(O)CNCCNS(=O)(=O)c1cc([N+](=O)[O-])ccc1F. The number of nitro benzene ring substituents is 1. The highest BCUT2D eigenvalue weighted by Gasteiger charge is 2.22. The molecule has 0 saturated heterocycles. The lowest BCUT2D eigenvalue weighted by Gasteiger charge is -2.09. The second-order valence-electron chi connectivity index (χ2n) is 4.32. The maximum absolute atomic E-state index is 13.5. The number of nitro groups is 1. The van der Waals surface area contributed by atoms with Crippen LogP contribution in [0.2, 0.25) is 0 Å². The fourth-order valence-electron chi connectivity index (χ4n) is 1.47. The second kappa shape index (κ2) is 7.41. The van der Waals surface area contributed by atoms with E-state index in [9.17, 15) is 22.9 Å². The van der Waals surface area contributed by atoms with Gasteiger partial charge in [-0.05, 0) is 13.0 Å². The van der Waals surface area contributed by atoms with Gasteiger partial charge in [0.05, 0.1) is 11.0 Å². The largest absolute Gasteiger partial charge is 0.392 e. The van der Waals surface area contributed by atoms with E-state index in [-0.39, 0.29) is 19.6 Å². The lowest BCUT2D eigenvalue weighted by molar-refractivity contribution is -0.385. The van der Waals surface area contributed by atoms with Crippen LogP contribution in [0.15, 0.2) is 23.1 Å². The zero-order chi connectivity index (χ0) is 16.0. The van der Waals surface area contributed by atoms with E-state index >= 15 is 0 Å². The minimum atomic E-state index is -4.18. The highest BCUT2D eigenvalue weighted by Crippen LogP contribution is 2.20. The summed E-state index contributed by atoms with van der Waals surface area (Å²) in [5.74, 6) is -1.06. The van der Waals surface area contributed by atoms with E-state index in [4.69, 9.17) is 5.11 Å². The summed E-state index contributed by atoms with van der Waals surface area (Å²) in [6, 6.07) is 2.29. The number of nitrogens with one attached hydrogen (secondary N) is 2. The molecule has 1 unspecified atom stereocenters. The third kappa shape index (κ3) is 5.34. The number of nitrogens with zero attached hydrogens (tertiary/aromatic N) is 1. The van der Waals surface area contributed by atoms with Gasteiger partial charge in [0.25, 0.3) is 5.69 Å². The molecule has 0 saturated carbocycles. The molecule has 0 fully saturated rings. The normalized spacial score (nSPS) is 13.1. The third-order valence-corrected chi connectivity index (χ3v) is 3.92. The molecule has 118 valence electrons. The number of non-ortho nitro benzene ring substituents is 1. The van der Waals surface area contributed by atoms with Crippen molar-refractivity contribution >= 4 is 15.7 Å². The second-order valence-corrected chi connectivity index (χ2v) is 6.06. The Morgan fingerprint density at radius 2 is 2.10 bits per heavy atom. The first-order chi connectivity index (χ1) is 9.74. The predicted molar refractivity (Wildman–Crippen MR) is 72.8 cm³/mol. The molecule has 1 rings (SSSR count). The van der Waals surface area contributed by atoms with E-state index in [1.807, 2.05) is 0 Å². The van der Waals surface area contributed by atoms with E-state index in [1.165, 1.54) is 0 Å². The lowest BCUT2D eigenvalue weighted by atomic mass is 10.3. The zero-order valence-corrected chi connectivity index (χ0v) is 12.1. The average molecular weight is 321 g/mol. The minimum Gasteiger partial charge on any atom is -0.392 e. The Kier molecular flexibility index (Phi) is 6.15. The number of halogens is 1. The summed E-state index contributed by atoms with van der Waals surface area (Å²) in [5.41, 5.74) is -0.510. The Hall–Kier alpha value is -1.62. The standard InChI is InChI=1S/C11H16FN3O5S/c1-8(16)7-13-4-5-14-21(19,20)11-6-9(15(17)18)2-3-10(11)12/h2-3,6,8,13-14,16H,4-5,7H2,1H3. The van der Waals surface area contributed by atoms with Crippen molar-refractivity contribution in [1.82, 2.24) is 10.0 Å². The van der Waals surface area contributed by atoms with Crippen molar-refractivity contribution in [3.8, 4) is 0 Å². The van der Waals surface area contributed by atoms with Crippen LogP contribution in [0.1, 0.15) is 6.92 Å². The molecule has 0 bridgehead atoms. The van der Waals surface area contributed by atoms with Crippen LogP contribution in [0, 0.1) is 15.9 Å². The molecule has 0 amide bonds. The molecule has 0 aliphatic rings. The van der Waals surface area contributed by atoms with Crippen molar-refractivity contribution in [2.45, 2.75) is 17.9 Å². The van der Waals surface area contributed by atoms with Crippen LogP contribution < -0.4 is 10.0 Å². The van der Waals surface area contributed by atoms with Crippen molar-refractivity contribution in [1.29, 1.82) is 0 Å². The first-order valence-corrected chi connectivity index (χ1v) is 7.54. The van der Waals surface area contributed by atoms with Crippen LogP contribution in [0.25, 0.3) is 0 Å². The molecule has 1 aromatic rings. The van der Waals surface area contributed by atoms with Gasteiger partial charge in [-0.1, -0.05) is 0 Å². The van der Waals surface area contributed by atoms with Gasteiger partial charge in [0.2, 0.25) is 10.0 Å². The lowest BCUT2D eigenvalue weighted by Crippen LogP contribution is -2.34. The van der Waals surface area contributed by atoms with Gasteiger partial charge in [-0.2, -0.15) is 0 Å². The first-order valence-electron chi connectivity index (χ1n) is 6.06. The molecule has 3 N–H and O–H groups in total. The van der Waals surface area contributed by atoms with Gasteiger partial charge in [0.1, 0.15) is 10.7 Å². The van der Waals surface area contributed by atoms with Gasteiger partial charge >= 0.3 is 0 Å². The molecule has 10 heteroatoms. The molecule has 1 atom stereocenters. The van der Waals surface area contributed by atoms with Gasteiger partial charge < -0.3 is 10.4 Å². The summed E-state index contributed by atoms with van der Waals surface area (Å²) >= 11 is 0. The summed E-state index contributed by atoms with van der Waals surface area (Å²) in [6.07, 6.45) is -0.573. The summed E-state index contributed by atoms with van der Waals surface area (Å²) in [7, 11) is -4.18. The van der Waals surface area contributed by atoms with Crippen LogP contribution in [-0.2, 0) is 10.0 Å². The van der Waals surface area contributed by atoms with Gasteiger partial charge in [0, 0.05) is 31.8 Å². The molecule has 0 aromatic heterocycles. The number of aliphatic hydroxyl groups excluding tert-OH is 1. The van der Waals surface area contributed by atoms with Crippen molar-refractivity contribution in [2.24, 2.45) is 0 Å². The summed E-state index contributed by atoms with van der Waals surface area (Å²) in [5, 5.41) is 22.4. The van der Waals surface area contributed by atoms with Gasteiger partial charge in [-0.3, -0.25) is 10.1 Å². The highest BCUT2D eigenvalue weighted by molar-refractivity contribution is 7.89. The third-order valence-electron chi connectivity index (χ3n) is 2.45. The predicted octanol–water partition coefficient (Wildman–Crippen LogP) is -0.0174. The van der Waals surface area contributed by atoms with Crippen LogP contribution in [-0.4, -0.2) is 44.2 Å². The quantitative estimate of drug-likeness (QED) is 0.351. The van der Waals surface area contributed by atoms with Crippen LogP contribution in [0.3, 0.4) is 0 Å². The Morgan fingerprint density at radius 3 is 2.67 bits per heavy atom. The van der Waals surface area contributed by atoms with Gasteiger partial charge in [-0.25, -0.2) is 17.5 Å². The van der Waals surface area contributed by atoms with E-state index in [0.717, 1.165) is 12.1 Å². The summed E-state index contributed by atoms with van der Waals surface area (Å²) in [4.78, 5) is 9.01. The number of hydrogen-bond donors (Lipinski definition) is 3. The molecular weight excluding hydrogens is 305 g/mol. The smallest absolute Gasteiger partial charge is 0.270 e. The summed E-state index contributed by atoms with van der Waals surface area (Å²) < 4.78 is 39.4. The summed E-state index contributed by atoms with van der Waals surface area (Å²) in [6.45, 7) is 2.03. The van der Waals surface area contributed by atoms with Crippen LogP contribution >= 0.6 is 0 Å². The molecular formula is C11H16FN3O5S. The fourth-order valence-corrected chi connectivity index (χ4v) is 2.60. The van der Waals surface area contributed by atoms with Crippen molar-refractivity contribution in [3.05, 3.63) is 34.1 Å². The van der Waals surface area contributed by atoms with Crippen molar-refractivity contribution in [3.63, 3.8) is 0 Å². The topological polar surface area (TPSA) is 122 Å². The zero-order valence-electron chi connectivity index (χ0n) is 11.2. The molecule has 21 heavy (non-hydrogen) atoms. The number of rotatable bonds is 8. The number of aliphatic hydroxyl groups is 1. The number of sulfonamides is 1. The fraction of sp³-hybridized carbons (Fsp3) is 0.455. The Balaban J connectivity index is 2.74. The van der Waals surface area contributed by atoms with Crippen molar-refractivity contribution < 1.29 is 22.8 Å². The van der Waals surface area contributed by atoms with Crippen LogP contribution in [0.5, 0.6) is 0 Å². The molecule has 0 heterocycles. The molecule has 0 aliphatic carbocycles. The Labute approximate surface area is 121 Å². The average Bonchev–Trinajstić information content (AvgIpc) is 2.37. The van der Waals surface area contributed by atoms with E-state index in [2.05, 4.69) is 10.0 Å². The minimum absolute atomic E-state index is 0.0445. The Morgan fingerprint density at radius 1 is 1.43 bits per heavy atom. The molecule has 1 aromatic carbocycles. The molecule has 0 spiro atoms. The Bertz CT molecular complexity index is 606. The van der Waals surface area contributed by atoms with E-state index < -0.39 is 37.5 Å². The van der Waals surface area contributed by atoms with Crippen molar-refractivity contribution in [2.75, 3.05) is 19.6 Å².